The molecule has 0 spiro atoms. The van der Waals surface area contributed by atoms with E-state index in [4.69, 9.17) is 12.3 Å². The summed E-state index contributed by atoms with van der Waals surface area (Å²) < 4.78 is 39.5. The molecule has 0 amide bonds. The molecule has 0 bridgehead atoms. The average Bonchev–Trinajstić information content (AvgIpc) is 2.25. The minimum absolute atomic E-state index is 0.280. The predicted molar refractivity (Wildman–Crippen MR) is 56.6 cm³/mol. The highest BCUT2D eigenvalue weighted by Crippen LogP contribution is 2.24. The standard InChI is InChI=1S/C11H11F3N2O/c1-2-3-10(16-15)8-4-6-9(7-5-8)17-11(12,13)14/h1,4-7,10,16H,3,15H2. The lowest BCUT2D eigenvalue weighted by molar-refractivity contribution is -0.274. The molecule has 1 atom stereocenters. The van der Waals surface area contributed by atoms with Crippen LogP contribution in [0.25, 0.3) is 0 Å². The molecule has 1 unspecified atom stereocenters. The highest BCUT2D eigenvalue weighted by molar-refractivity contribution is 5.29. The van der Waals surface area contributed by atoms with Crippen LogP contribution in [0.5, 0.6) is 5.75 Å². The van der Waals surface area contributed by atoms with E-state index in [-0.39, 0.29) is 11.8 Å². The molecule has 3 nitrogen and oxygen atoms in total. The first kappa shape index (κ1) is 13.4. The van der Waals surface area contributed by atoms with Gasteiger partial charge < -0.3 is 4.74 Å². The molecular weight excluding hydrogens is 233 g/mol. The van der Waals surface area contributed by atoms with Gasteiger partial charge in [-0.1, -0.05) is 12.1 Å². The van der Waals surface area contributed by atoms with Gasteiger partial charge in [0.15, 0.2) is 0 Å². The second-order valence-corrected chi connectivity index (χ2v) is 3.24. The van der Waals surface area contributed by atoms with Crippen molar-refractivity contribution in [2.45, 2.75) is 18.8 Å². The molecule has 0 aromatic heterocycles. The molecule has 0 saturated carbocycles. The molecule has 0 aliphatic carbocycles. The Morgan fingerprint density at radius 3 is 2.35 bits per heavy atom. The largest absolute Gasteiger partial charge is 0.573 e. The van der Waals surface area contributed by atoms with Crippen LogP contribution in [0, 0.1) is 12.3 Å². The molecule has 1 aromatic carbocycles. The highest BCUT2D eigenvalue weighted by atomic mass is 19.4. The summed E-state index contributed by atoms with van der Waals surface area (Å²) in [7, 11) is 0. The SMILES string of the molecule is C#CCC(NN)c1ccc(OC(F)(F)F)cc1. The summed E-state index contributed by atoms with van der Waals surface area (Å²) >= 11 is 0. The Kier molecular flexibility index (Phi) is 4.37. The first-order valence-corrected chi connectivity index (χ1v) is 4.71. The molecular formula is C11H11F3N2O. The number of nitrogens with one attached hydrogen (secondary N) is 1. The number of hydrogen-bond acceptors (Lipinski definition) is 3. The number of hydrogen-bond donors (Lipinski definition) is 2. The fraction of sp³-hybridized carbons (Fsp3) is 0.273. The van der Waals surface area contributed by atoms with Gasteiger partial charge in [-0.15, -0.1) is 25.5 Å². The summed E-state index contributed by atoms with van der Waals surface area (Å²) in [6.07, 6.45) is 0.791. The molecule has 17 heavy (non-hydrogen) atoms. The van der Waals surface area contributed by atoms with Gasteiger partial charge in [0.2, 0.25) is 0 Å². The number of alkyl halides is 3. The van der Waals surface area contributed by atoms with E-state index in [1.165, 1.54) is 24.3 Å². The summed E-state index contributed by atoms with van der Waals surface area (Å²) in [4.78, 5) is 0. The summed E-state index contributed by atoms with van der Waals surface area (Å²) in [5, 5.41) is 0. The molecule has 0 saturated heterocycles. The lowest BCUT2D eigenvalue weighted by Crippen LogP contribution is -2.27. The van der Waals surface area contributed by atoms with Gasteiger partial charge in [0.05, 0.1) is 6.04 Å². The maximum atomic E-state index is 11.9. The smallest absolute Gasteiger partial charge is 0.406 e. The van der Waals surface area contributed by atoms with Gasteiger partial charge in [0, 0.05) is 6.42 Å². The third-order valence-corrected chi connectivity index (χ3v) is 2.04. The van der Waals surface area contributed by atoms with Crippen LogP contribution in [-0.4, -0.2) is 6.36 Å². The molecule has 6 heteroatoms. The van der Waals surface area contributed by atoms with Crippen LogP contribution < -0.4 is 16.0 Å². The molecule has 0 fully saturated rings. The zero-order chi connectivity index (χ0) is 12.9. The molecule has 0 aliphatic heterocycles. The number of rotatable bonds is 4. The first-order valence-electron chi connectivity index (χ1n) is 4.71. The molecule has 92 valence electrons. The lowest BCUT2D eigenvalue weighted by atomic mass is 10.0. The monoisotopic (exact) mass is 244 g/mol. The lowest BCUT2D eigenvalue weighted by Gasteiger charge is -2.14. The number of halogens is 3. The average molecular weight is 244 g/mol. The number of ether oxygens (including phenoxy) is 1. The van der Waals surface area contributed by atoms with Crippen molar-refractivity contribution in [2.75, 3.05) is 0 Å². The zero-order valence-corrected chi connectivity index (χ0v) is 8.79. The third kappa shape index (κ3) is 4.34. The van der Waals surface area contributed by atoms with E-state index >= 15 is 0 Å². The minimum Gasteiger partial charge on any atom is -0.406 e. The van der Waals surface area contributed by atoms with Gasteiger partial charge in [-0.3, -0.25) is 11.3 Å². The second kappa shape index (κ2) is 5.57. The quantitative estimate of drug-likeness (QED) is 0.484. The van der Waals surface area contributed by atoms with Crippen LogP contribution in [0.2, 0.25) is 0 Å². The van der Waals surface area contributed by atoms with E-state index in [1.54, 1.807) is 0 Å². The maximum Gasteiger partial charge on any atom is 0.573 e. The van der Waals surface area contributed by atoms with E-state index in [0.29, 0.717) is 12.0 Å². The van der Waals surface area contributed by atoms with Crippen LogP contribution in [0.15, 0.2) is 24.3 Å². The topological polar surface area (TPSA) is 47.3 Å². The van der Waals surface area contributed by atoms with Crippen LogP contribution in [0.1, 0.15) is 18.0 Å². The number of benzene rings is 1. The zero-order valence-electron chi connectivity index (χ0n) is 8.79. The van der Waals surface area contributed by atoms with Crippen LogP contribution in [-0.2, 0) is 0 Å². The van der Waals surface area contributed by atoms with Gasteiger partial charge in [-0.2, -0.15) is 0 Å². The van der Waals surface area contributed by atoms with E-state index in [1.807, 2.05) is 0 Å². The van der Waals surface area contributed by atoms with Gasteiger partial charge in [0.25, 0.3) is 0 Å². The Morgan fingerprint density at radius 1 is 1.35 bits per heavy atom. The number of terminal acetylenes is 1. The van der Waals surface area contributed by atoms with Crippen molar-refractivity contribution < 1.29 is 17.9 Å². The molecule has 0 aliphatic rings. The normalized spacial score (nSPS) is 12.9. The second-order valence-electron chi connectivity index (χ2n) is 3.24. The maximum absolute atomic E-state index is 11.9. The fourth-order valence-corrected chi connectivity index (χ4v) is 1.29. The molecule has 3 N–H and O–H groups in total. The Hall–Kier alpha value is -1.71. The van der Waals surface area contributed by atoms with E-state index in [0.717, 1.165) is 0 Å². The van der Waals surface area contributed by atoms with Crippen molar-refractivity contribution in [1.29, 1.82) is 0 Å². The van der Waals surface area contributed by atoms with Crippen LogP contribution in [0.3, 0.4) is 0 Å². The highest BCUT2D eigenvalue weighted by Gasteiger charge is 2.31. The Bertz CT molecular complexity index is 395. The predicted octanol–water partition coefficient (Wildman–Crippen LogP) is 2.11. The van der Waals surface area contributed by atoms with Crippen molar-refractivity contribution >= 4 is 0 Å². The van der Waals surface area contributed by atoms with E-state index < -0.39 is 6.36 Å². The van der Waals surface area contributed by atoms with Crippen molar-refractivity contribution in [3.8, 4) is 18.1 Å². The summed E-state index contributed by atoms with van der Waals surface area (Å²) in [6.45, 7) is 0. The van der Waals surface area contributed by atoms with Crippen LogP contribution >= 0.6 is 0 Å². The van der Waals surface area contributed by atoms with E-state index in [2.05, 4.69) is 16.1 Å². The first-order chi connectivity index (χ1) is 7.96. The summed E-state index contributed by atoms with van der Waals surface area (Å²) in [6, 6.07) is 5.08. The van der Waals surface area contributed by atoms with Crippen LogP contribution in [0.4, 0.5) is 13.2 Å². The number of nitrogens with two attached hydrogens (primary N) is 1. The van der Waals surface area contributed by atoms with Gasteiger partial charge in [0.1, 0.15) is 5.75 Å². The van der Waals surface area contributed by atoms with Crippen molar-refractivity contribution in [2.24, 2.45) is 5.84 Å². The molecule has 0 heterocycles. The Balaban J connectivity index is 2.77. The third-order valence-electron chi connectivity index (χ3n) is 2.04. The summed E-state index contributed by atoms with van der Waals surface area (Å²) in [5.74, 6) is 7.41. The fourth-order valence-electron chi connectivity index (χ4n) is 1.29. The molecule has 0 radical (unpaired) electrons. The van der Waals surface area contributed by atoms with Crippen molar-refractivity contribution in [3.63, 3.8) is 0 Å². The van der Waals surface area contributed by atoms with Gasteiger partial charge >= 0.3 is 6.36 Å². The summed E-state index contributed by atoms with van der Waals surface area (Å²) in [5.41, 5.74) is 3.18. The molecule has 1 aromatic rings. The Labute approximate surface area is 96.7 Å². The number of hydrazine groups is 1. The van der Waals surface area contributed by atoms with Crippen molar-refractivity contribution in [1.82, 2.24) is 5.43 Å². The van der Waals surface area contributed by atoms with Gasteiger partial charge in [-0.05, 0) is 17.7 Å². The molecule has 1 rings (SSSR count). The van der Waals surface area contributed by atoms with Gasteiger partial charge in [-0.25, -0.2) is 0 Å². The van der Waals surface area contributed by atoms with E-state index in [9.17, 15) is 13.2 Å². The Morgan fingerprint density at radius 2 is 1.94 bits per heavy atom. The minimum atomic E-state index is -4.69. The van der Waals surface area contributed by atoms with Crippen molar-refractivity contribution in [3.05, 3.63) is 29.8 Å².